The minimum Gasteiger partial charge on any atom is -0.389 e. The standard InChI is InChI=1S/C15H21N3OS/c1-10-8-11(13(16)20)4-5-12(10)9-18-7-6-17-14(19)15(18,2)3/h4-5,8H,6-7,9H2,1-3H3,(H2,16,20)(H,17,19). The first-order chi connectivity index (χ1) is 9.32. The van der Waals surface area contributed by atoms with Crippen molar-refractivity contribution in [3.63, 3.8) is 0 Å². The molecule has 108 valence electrons. The number of nitrogens with zero attached hydrogens (tertiary/aromatic N) is 1. The van der Waals surface area contributed by atoms with E-state index in [-0.39, 0.29) is 5.91 Å². The van der Waals surface area contributed by atoms with Gasteiger partial charge in [0.05, 0.1) is 5.54 Å². The number of benzene rings is 1. The summed E-state index contributed by atoms with van der Waals surface area (Å²) in [5.74, 6) is 0.0844. The van der Waals surface area contributed by atoms with Crippen LogP contribution in [0.2, 0.25) is 0 Å². The highest BCUT2D eigenvalue weighted by molar-refractivity contribution is 7.80. The summed E-state index contributed by atoms with van der Waals surface area (Å²) in [7, 11) is 0. The normalized spacial score (nSPS) is 18.6. The van der Waals surface area contributed by atoms with Gasteiger partial charge < -0.3 is 11.1 Å². The molecule has 20 heavy (non-hydrogen) atoms. The number of carbonyl (C=O) groups is 1. The SMILES string of the molecule is Cc1cc(C(N)=S)ccc1CN1CCNC(=O)C1(C)C. The molecule has 0 spiro atoms. The number of thiocarbonyl (C=S) groups is 1. The Morgan fingerprint density at radius 2 is 2.20 bits per heavy atom. The molecule has 1 amide bonds. The summed E-state index contributed by atoms with van der Waals surface area (Å²) in [4.78, 5) is 14.6. The maximum absolute atomic E-state index is 12.0. The minimum absolute atomic E-state index is 0.0844. The number of nitrogens with two attached hydrogens (primary N) is 1. The Bertz CT molecular complexity index is 554. The maximum atomic E-state index is 12.0. The molecule has 0 unspecified atom stereocenters. The molecule has 0 bridgehead atoms. The van der Waals surface area contributed by atoms with Gasteiger partial charge in [-0.3, -0.25) is 9.69 Å². The van der Waals surface area contributed by atoms with E-state index in [1.54, 1.807) is 0 Å². The average Bonchev–Trinajstić information content (AvgIpc) is 2.37. The van der Waals surface area contributed by atoms with Crippen molar-refractivity contribution in [3.05, 3.63) is 34.9 Å². The first kappa shape index (κ1) is 14.9. The molecule has 1 aliphatic heterocycles. The number of piperazine rings is 1. The van der Waals surface area contributed by atoms with E-state index in [1.165, 1.54) is 5.56 Å². The lowest BCUT2D eigenvalue weighted by molar-refractivity contribution is -0.135. The third kappa shape index (κ3) is 2.83. The van der Waals surface area contributed by atoms with Crippen molar-refractivity contribution >= 4 is 23.1 Å². The molecule has 1 aliphatic rings. The van der Waals surface area contributed by atoms with Crippen LogP contribution < -0.4 is 11.1 Å². The van der Waals surface area contributed by atoms with E-state index in [0.29, 0.717) is 11.5 Å². The summed E-state index contributed by atoms with van der Waals surface area (Å²) in [6.07, 6.45) is 0. The largest absolute Gasteiger partial charge is 0.389 e. The highest BCUT2D eigenvalue weighted by atomic mass is 32.1. The van der Waals surface area contributed by atoms with E-state index in [0.717, 1.165) is 24.2 Å². The van der Waals surface area contributed by atoms with Crippen LogP contribution in [0.15, 0.2) is 18.2 Å². The van der Waals surface area contributed by atoms with Crippen LogP contribution in [-0.4, -0.2) is 34.4 Å². The molecule has 5 heteroatoms. The first-order valence-electron chi connectivity index (χ1n) is 6.75. The Labute approximate surface area is 125 Å². The third-order valence-electron chi connectivity index (χ3n) is 4.00. The molecule has 3 N–H and O–H groups in total. The van der Waals surface area contributed by atoms with E-state index in [1.807, 2.05) is 39.0 Å². The van der Waals surface area contributed by atoms with Gasteiger partial charge in [-0.15, -0.1) is 0 Å². The number of aryl methyl sites for hydroxylation is 1. The van der Waals surface area contributed by atoms with E-state index >= 15 is 0 Å². The van der Waals surface area contributed by atoms with Crippen LogP contribution in [0.5, 0.6) is 0 Å². The fraction of sp³-hybridized carbons (Fsp3) is 0.467. The summed E-state index contributed by atoms with van der Waals surface area (Å²) in [5, 5.41) is 2.91. The fourth-order valence-electron chi connectivity index (χ4n) is 2.45. The van der Waals surface area contributed by atoms with Gasteiger partial charge in [0.2, 0.25) is 5.91 Å². The van der Waals surface area contributed by atoms with Gasteiger partial charge in [0.15, 0.2) is 0 Å². The van der Waals surface area contributed by atoms with Crippen molar-refractivity contribution < 1.29 is 4.79 Å². The summed E-state index contributed by atoms with van der Waals surface area (Å²) >= 11 is 4.99. The Kier molecular flexibility index (Phi) is 4.11. The van der Waals surface area contributed by atoms with Crippen LogP contribution in [0, 0.1) is 6.92 Å². The van der Waals surface area contributed by atoms with E-state index in [9.17, 15) is 4.79 Å². The van der Waals surface area contributed by atoms with Gasteiger partial charge in [-0.2, -0.15) is 0 Å². The van der Waals surface area contributed by atoms with Crippen molar-refractivity contribution in [2.24, 2.45) is 5.73 Å². The van der Waals surface area contributed by atoms with Crippen molar-refractivity contribution in [1.82, 2.24) is 10.2 Å². The second kappa shape index (κ2) is 5.50. The average molecular weight is 291 g/mol. The second-order valence-corrected chi connectivity index (χ2v) is 6.18. The first-order valence-corrected chi connectivity index (χ1v) is 7.16. The number of nitrogens with one attached hydrogen (secondary N) is 1. The second-order valence-electron chi connectivity index (χ2n) is 5.74. The molecule has 1 aromatic rings. The van der Waals surface area contributed by atoms with Crippen LogP contribution in [0.3, 0.4) is 0 Å². The summed E-state index contributed by atoms with van der Waals surface area (Å²) in [6, 6.07) is 6.00. The minimum atomic E-state index is -0.480. The zero-order valence-corrected chi connectivity index (χ0v) is 13.0. The Balaban J connectivity index is 2.21. The lowest BCUT2D eigenvalue weighted by Gasteiger charge is -2.41. The van der Waals surface area contributed by atoms with E-state index in [2.05, 4.69) is 10.2 Å². The Morgan fingerprint density at radius 1 is 1.50 bits per heavy atom. The molecular weight excluding hydrogens is 270 g/mol. The van der Waals surface area contributed by atoms with Crippen molar-refractivity contribution in [2.75, 3.05) is 13.1 Å². The predicted molar refractivity (Wildman–Crippen MR) is 84.6 cm³/mol. The molecular formula is C15H21N3OS. The van der Waals surface area contributed by atoms with Crippen LogP contribution in [0.1, 0.15) is 30.5 Å². The molecule has 0 aromatic heterocycles. The number of hydrogen-bond acceptors (Lipinski definition) is 3. The molecule has 1 fully saturated rings. The van der Waals surface area contributed by atoms with Gasteiger partial charge in [0.1, 0.15) is 4.99 Å². The van der Waals surface area contributed by atoms with Crippen molar-refractivity contribution in [3.8, 4) is 0 Å². The lowest BCUT2D eigenvalue weighted by atomic mass is 9.96. The van der Waals surface area contributed by atoms with Gasteiger partial charge in [0, 0.05) is 25.2 Å². The number of hydrogen-bond donors (Lipinski definition) is 2. The maximum Gasteiger partial charge on any atom is 0.240 e. The molecule has 0 radical (unpaired) electrons. The van der Waals surface area contributed by atoms with Gasteiger partial charge in [-0.05, 0) is 38.0 Å². The molecule has 0 aliphatic carbocycles. The summed E-state index contributed by atoms with van der Waals surface area (Å²) < 4.78 is 0. The van der Waals surface area contributed by atoms with Crippen LogP contribution in [-0.2, 0) is 11.3 Å². The lowest BCUT2D eigenvalue weighted by Crippen LogP contribution is -2.61. The van der Waals surface area contributed by atoms with Crippen LogP contribution >= 0.6 is 12.2 Å². The zero-order valence-electron chi connectivity index (χ0n) is 12.2. The smallest absolute Gasteiger partial charge is 0.240 e. The van der Waals surface area contributed by atoms with E-state index in [4.69, 9.17) is 18.0 Å². The Morgan fingerprint density at radius 3 is 2.80 bits per heavy atom. The zero-order chi connectivity index (χ0) is 14.9. The third-order valence-corrected chi connectivity index (χ3v) is 4.24. The number of carbonyl (C=O) groups excluding carboxylic acids is 1. The van der Waals surface area contributed by atoms with Gasteiger partial charge in [0.25, 0.3) is 0 Å². The highest BCUT2D eigenvalue weighted by Gasteiger charge is 2.37. The summed E-state index contributed by atoms with van der Waals surface area (Å²) in [5.41, 5.74) is 8.40. The summed E-state index contributed by atoms with van der Waals surface area (Å²) in [6.45, 7) is 8.28. The molecule has 1 aromatic carbocycles. The molecule has 0 atom stereocenters. The Hall–Kier alpha value is -1.46. The van der Waals surface area contributed by atoms with E-state index < -0.39 is 5.54 Å². The predicted octanol–water partition coefficient (Wildman–Crippen LogP) is 1.34. The van der Waals surface area contributed by atoms with Gasteiger partial charge in [-0.1, -0.05) is 24.4 Å². The molecule has 0 saturated carbocycles. The van der Waals surface area contributed by atoms with Crippen LogP contribution in [0.4, 0.5) is 0 Å². The van der Waals surface area contributed by atoms with Gasteiger partial charge in [-0.25, -0.2) is 0 Å². The van der Waals surface area contributed by atoms with Crippen molar-refractivity contribution in [1.29, 1.82) is 0 Å². The topological polar surface area (TPSA) is 58.4 Å². The quantitative estimate of drug-likeness (QED) is 0.825. The molecule has 1 saturated heterocycles. The number of rotatable bonds is 3. The molecule has 4 nitrogen and oxygen atoms in total. The van der Waals surface area contributed by atoms with Crippen LogP contribution in [0.25, 0.3) is 0 Å². The van der Waals surface area contributed by atoms with Crippen molar-refractivity contribution in [2.45, 2.75) is 32.9 Å². The highest BCUT2D eigenvalue weighted by Crippen LogP contribution is 2.22. The molecule has 1 heterocycles. The number of amides is 1. The fourth-order valence-corrected chi connectivity index (χ4v) is 2.58. The molecule has 2 rings (SSSR count). The monoisotopic (exact) mass is 291 g/mol. The van der Waals surface area contributed by atoms with Gasteiger partial charge >= 0.3 is 0 Å².